The molecule has 21 heavy (non-hydrogen) atoms. The Kier molecular flexibility index (Phi) is 4.01. The maximum absolute atomic E-state index is 5.59. The van der Waals surface area contributed by atoms with Crippen molar-refractivity contribution in [2.75, 3.05) is 13.7 Å². The van der Waals surface area contributed by atoms with Gasteiger partial charge in [0.2, 0.25) is 0 Å². The zero-order valence-electron chi connectivity index (χ0n) is 11.4. The quantitative estimate of drug-likeness (QED) is 0.711. The highest BCUT2D eigenvalue weighted by Crippen LogP contribution is 2.38. The number of methoxy groups -OCH3 is 1. The number of hydrogen-bond donors (Lipinski definition) is 0. The standard InChI is InChI=1S/C16H13BrN2O2/c1-20-15-10-14(9-11-3-2-8-21-16(11)15)19-18-13-6-4-12(17)5-7-13/h2-7,9-10H,8H2,1H3. The molecule has 0 fully saturated rings. The summed E-state index contributed by atoms with van der Waals surface area (Å²) in [5, 5.41) is 8.49. The summed E-state index contributed by atoms with van der Waals surface area (Å²) < 4.78 is 12.0. The largest absolute Gasteiger partial charge is 0.493 e. The van der Waals surface area contributed by atoms with Gasteiger partial charge in [0, 0.05) is 16.1 Å². The number of hydrogen-bond acceptors (Lipinski definition) is 4. The van der Waals surface area contributed by atoms with Crippen LogP contribution in [0.3, 0.4) is 0 Å². The van der Waals surface area contributed by atoms with Gasteiger partial charge in [-0.15, -0.1) is 0 Å². The first-order valence-electron chi connectivity index (χ1n) is 6.45. The van der Waals surface area contributed by atoms with Crippen LogP contribution in [0, 0.1) is 0 Å². The van der Waals surface area contributed by atoms with Crippen molar-refractivity contribution in [1.82, 2.24) is 0 Å². The Morgan fingerprint density at radius 2 is 1.86 bits per heavy atom. The first kappa shape index (κ1) is 13.8. The van der Waals surface area contributed by atoms with Gasteiger partial charge in [0.1, 0.15) is 6.61 Å². The normalized spacial score (nSPS) is 13.0. The van der Waals surface area contributed by atoms with Gasteiger partial charge in [-0.25, -0.2) is 0 Å². The summed E-state index contributed by atoms with van der Waals surface area (Å²) in [5.41, 5.74) is 2.47. The van der Waals surface area contributed by atoms with Crippen molar-refractivity contribution in [3.63, 3.8) is 0 Å². The fraction of sp³-hybridized carbons (Fsp3) is 0.125. The third-order valence-electron chi connectivity index (χ3n) is 3.02. The summed E-state index contributed by atoms with van der Waals surface area (Å²) in [6.45, 7) is 0.559. The monoisotopic (exact) mass is 344 g/mol. The average molecular weight is 345 g/mol. The average Bonchev–Trinajstić information content (AvgIpc) is 2.53. The molecule has 0 saturated heterocycles. The molecule has 2 aromatic carbocycles. The molecular formula is C16H13BrN2O2. The SMILES string of the molecule is COc1cc(N=Nc2ccc(Br)cc2)cc2c1OCC=C2. The topological polar surface area (TPSA) is 43.2 Å². The lowest BCUT2D eigenvalue weighted by molar-refractivity contribution is 0.323. The van der Waals surface area contributed by atoms with Crippen LogP contribution in [0.5, 0.6) is 11.5 Å². The summed E-state index contributed by atoms with van der Waals surface area (Å²) in [6, 6.07) is 11.4. The molecule has 106 valence electrons. The molecule has 3 rings (SSSR count). The molecule has 0 bridgehead atoms. The highest BCUT2D eigenvalue weighted by Gasteiger charge is 2.13. The molecule has 1 aliphatic rings. The zero-order chi connectivity index (χ0) is 14.7. The first-order valence-corrected chi connectivity index (χ1v) is 7.24. The Labute approximate surface area is 131 Å². The second-order valence-corrected chi connectivity index (χ2v) is 5.37. The third kappa shape index (κ3) is 3.13. The van der Waals surface area contributed by atoms with Crippen LogP contribution in [0.25, 0.3) is 6.08 Å². The number of nitrogens with zero attached hydrogens (tertiary/aromatic N) is 2. The lowest BCUT2D eigenvalue weighted by Gasteiger charge is -2.16. The molecule has 0 spiro atoms. The summed E-state index contributed by atoms with van der Waals surface area (Å²) in [6.07, 6.45) is 3.96. The number of halogens is 1. The van der Waals surface area contributed by atoms with Gasteiger partial charge in [-0.1, -0.05) is 22.0 Å². The molecular weight excluding hydrogens is 332 g/mol. The molecule has 0 saturated carbocycles. The number of fused-ring (bicyclic) bond motifs is 1. The van der Waals surface area contributed by atoms with Gasteiger partial charge in [-0.05, 0) is 36.4 Å². The molecule has 0 N–H and O–H groups in total. The Bertz CT molecular complexity index is 709. The van der Waals surface area contributed by atoms with Crippen molar-refractivity contribution in [3.05, 3.63) is 52.5 Å². The fourth-order valence-electron chi connectivity index (χ4n) is 2.03. The van der Waals surface area contributed by atoms with Crippen LogP contribution in [0.15, 0.2) is 57.2 Å². The van der Waals surface area contributed by atoms with Crippen molar-refractivity contribution < 1.29 is 9.47 Å². The maximum Gasteiger partial charge on any atom is 0.168 e. The van der Waals surface area contributed by atoms with Crippen molar-refractivity contribution in [1.29, 1.82) is 0 Å². The molecule has 4 nitrogen and oxygen atoms in total. The van der Waals surface area contributed by atoms with Gasteiger partial charge in [0.25, 0.3) is 0 Å². The van der Waals surface area contributed by atoms with Gasteiger partial charge in [-0.2, -0.15) is 10.2 Å². The van der Waals surface area contributed by atoms with E-state index in [9.17, 15) is 0 Å². The second kappa shape index (κ2) is 6.10. The molecule has 1 heterocycles. The van der Waals surface area contributed by atoms with E-state index < -0.39 is 0 Å². The predicted octanol–water partition coefficient (Wildman–Crippen LogP) is 5.28. The maximum atomic E-state index is 5.59. The highest BCUT2D eigenvalue weighted by atomic mass is 79.9. The molecule has 2 aromatic rings. The lowest BCUT2D eigenvalue weighted by atomic mass is 10.1. The molecule has 5 heteroatoms. The smallest absolute Gasteiger partial charge is 0.168 e. The summed E-state index contributed by atoms with van der Waals surface area (Å²) in [7, 11) is 1.62. The second-order valence-electron chi connectivity index (χ2n) is 4.46. The Hall–Kier alpha value is -2.14. The Morgan fingerprint density at radius 3 is 2.62 bits per heavy atom. The van der Waals surface area contributed by atoms with Crippen LogP contribution in [0.4, 0.5) is 11.4 Å². The van der Waals surface area contributed by atoms with E-state index in [1.165, 1.54) is 0 Å². The molecule has 0 amide bonds. The van der Waals surface area contributed by atoms with E-state index in [0.29, 0.717) is 12.4 Å². The fourth-order valence-corrected chi connectivity index (χ4v) is 2.29. The van der Waals surface area contributed by atoms with Crippen molar-refractivity contribution in [2.24, 2.45) is 10.2 Å². The van der Waals surface area contributed by atoms with E-state index in [2.05, 4.69) is 26.2 Å². The molecule has 1 aliphatic heterocycles. The van der Waals surface area contributed by atoms with E-state index in [0.717, 1.165) is 27.2 Å². The minimum Gasteiger partial charge on any atom is -0.493 e. The van der Waals surface area contributed by atoms with E-state index in [-0.39, 0.29) is 0 Å². The van der Waals surface area contributed by atoms with Crippen LogP contribution in [-0.4, -0.2) is 13.7 Å². The third-order valence-corrected chi connectivity index (χ3v) is 3.55. The molecule has 0 unspecified atom stereocenters. The number of rotatable bonds is 3. The van der Waals surface area contributed by atoms with E-state index in [1.807, 2.05) is 48.6 Å². The molecule has 0 aliphatic carbocycles. The minimum atomic E-state index is 0.559. The van der Waals surface area contributed by atoms with Crippen LogP contribution in [-0.2, 0) is 0 Å². The van der Waals surface area contributed by atoms with E-state index in [1.54, 1.807) is 7.11 Å². The van der Waals surface area contributed by atoms with Crippen LogP contribution in [0.2, 0.25) is 0 Å². The van der Waals surface area contributed by atoms with Crippen LogP contribution >= 0.6 is 15.9 Å². The van der Waals surface area contributed by atoms with Crippen molar-refractivity contribution in [3.8, 4) is 11.5 Å². The van der Waals surface area contributed by atoms with Gasteiger partial charge < -0.3 is 9.47 Å². The minimum absolute atomic E-state index is 0.559. The number of ether oxygens (including phenoxy) is 2. The zero-order valence-corrected chi connectivity index (χ0v) is 13.0. The van der Waals surface area contributed by atoms with Gasteiger partial charge in [0.15, 0.2) is 11.5 Å². The van der Waals surface area contributed by atoms with Gasteiger partial charge in [0.05, 0.1) is 18.5 Å². The number of benzene rings is 2. The predicted molar refractivity (Wildman–Crippen MR) is 85.8 cm³/mol. The summed E-state index contributed by atoms with van der Waals surface area (Å²) >= 11 is 3.39. The van der Waals surface area contributed by atoms with Crippen LogP contribution < -0.4 is 9.47 Å². The molecule has 0 aromatic heterocycles. The van der Waals surface area contributed by atoms with Crippen LogP contribution in [0.1, 0.15) is 5.56 Å². The molecule has 0 radical (unpaired) electrons. The Balaban J connectivity index is 1.92. The van der Waals surface area contributed by atoms with E-state index >= 15 is 0 Å². The summed E-state index contributed by atoms with van der Waals surface area (Å²) in [4.78, 5) is 0. The lowest BCUT2D eigenvalue weighted by Crippen LogP contribution is -2.02. The Morgan fingerprint density at radius 1 is 1.10 bits per heavy atom. The highest BCUT2D eigenvalue weighted by molar-refractivity contribution is 9.10. The van der Waals surface area contributed by atoms with Gasteiger partial charge >= 0.3 is 0 Å². The van der Waals surface area contributed by atoms with Crippen molar-refractivity contribution in [2.45, 2.75) is 0 Å². The number of azo groups is 1. The van der Waals surface area contributed by atoms with Gasteiger partial charge in [-0.3, -0.25) is 0 Å². The van der Waals surface area contributed by atoms with Crippen molar-refractivity contribution >= 4 is 33.4 Å². The summed E-state index contributed by atoms with van der Waals surface area (Å²) in [5.74, 6) is 1.42. The first-order chi connectivity index (χ1) is 10.3. The van der Waals surface area contributed by atoms with E-state index in [4.69, 9.17) is 9.47 Å². The molecule has 0 atom stereocenters.